The van der Waals surface area contributed by atoms with Crippen LogP contribution in [0.2, 0.25) is 5.04 Å². The molecule has 246 valence electrons. The van der Waals surface area contributed by atoms with Gasteiger partial charge in [-0.25, -0.2) is 0 Å². The van der Waals surface area contributed by atoms with Crippen LogP contribution < -0.4 is 15.1 Å². The van der Waals surface area contributed by atoms with E-state index >= 15 is 0 Å². The second-order valence-corrected chi connectivity index (χ2v) is 18.4. The van der Waals surface area contributed by atoms with Crippen molar-refractivity contribution in [1.29, 1.82) is 0 Å². The van der Waals surface area contributed by atoms with Crippen molar-refractivity contribution in [2.24, 2.45) is 0 Å². The number of aliphatic hydroxyl groups is 1. The van der Waals surface area contributed by atoms with Gasteiger partial charge >= 0.3 is 0 Å². The van der Waals surface area contributed by atoms with Crippen molar-refractivity contribution in [3.05, 3.63) is 126 Å². The predicted molar refractivity (Wildman–Crippen MR) is 189 cm³/mol. The Labute approximate surface area is 280 Å². The van der Waals surface area contributed by atoms with E-state index in [0.717, 1.165) is 29.7 Å². The second kappa shape index (κ2) is 13.8. The van der Waals surface area contributed by atoms with Gasteiger partial charge in [-0.1, -0.05) is 124 Å². The van der Waals surface area contributed by atoms with Gasteiger partial charge in [-0.05, 0) is 51.5 Å². The monoisotopic (exact) mass is 649 g/mol. The number of hydrogen-bond acceptors (Lipinski definition) is 5. The number of piperidine rings is 1. The van der Waals surface area contributed by atoms with Crippen molar-refractivity contribution < 1.29 is 23.8 Å². The van der Waals surface area contributed by atoms with Crippen LogP contribution in [0.15, 0.2) is 115 Å². The highest BCUT2D eigenvalue weighted by Crippen LogP contribution is 2.42. The molecule has 2 aliphatic rings. The average molecular weight is 650 g/mol. The fourth-order valence-corrected chi connectivity index (χ4v) is 12.3. The van der Waals surface area contributed by atoms with E-state index < -0.39 is 13.9 Å². The molecule has 0 bridgehead atoms. The van der Waals surface area contributed by atoms with Crippen LogP contribution >= 0.6 is 0 Å². The number of benzene rings is 4. The third-order valence-electron chi connectivity index (χ3n) is 10.0. The molecular weight excluding hydrogens is 603 g/mol. The number of ether oxygens (including phenoxy) is 2. The van der Waals surface area contributed by atoms with Gasteiger partial charge in [0, 0.05) is 12.8 Å². The Hall–Kier alpha value is -3.75. The van der Waals surface area contributed by atoms with Gasteiger partial charge in [0.1, 0.15) is 11.4 Å². The molecule has 0 aromatic heterocycles. The van der Waals surface area contributed by atoms with Crippen molar-refractivity contribution in [3.8, 4) is 5.75 Å². The van der Waals surface area contributed by atoms with E-state index in [2.05, 4.69) is 69.3 Å². The molecule has 0 unspecified atom stereocenters. The SMILES string of the molecule is COc1ccc(CO[C@H]2C[C@@](O)(Cc3ccccc3)C(=O)N3[C@H](CO[Si](c4ccccc4)(c4ccccc4)C(C)(C)C)CC[C@@H]23)cc1. The van der Waals surface area contributed by atoms with Crippen molar-refractivity contribution in [3.63, 3.8) is 0 Å². The van der Waals surface area contributed by atoms with E-state index in [9.17, 15) is 9.90 Å². The van der Waals surface area contributed by atoms with Crippen LogP contribution in [0.1, 0.15) is 51.2 Å². The van der Waals surface area contributed by atoms with Crippen molar-refractivity contribution in [1.82, 2.24) is 4.90 Å². The first-order valence-electron chi connectivity index (χ1n) is 16.7. The van der Waals surface area contributed by atoms with Gasteiger partial charge in [0.2, 0.25) is 0 Å². The number of carbonyl (C=O) groups is 1. The van der Waals surface area contributed by atoms with Gasteiger partial charge in [-0.3, -0.25) is 4.79 Å². The van der Waals surface area contributed by atoms with Crippen LogP contribution in [-0.4, -0.2) is 61.7 Å². The van der Waals surface area contributed by atoms with Crippen LogP contribution in [0.3, 0.4) is 0 Å². The fourth-order valence-electron chi connectivity index (χ4n) is 7.71. The van der Waals surface area contributed by atoms with Crippen LogP contribution in [0, 0.1) is 0 Å². The molecule has 0 radical (unpaired) electrons. The largest absolute Gasteiger partial charge is 0.497 e. The third kappa shape index (κ3) is 6.68. The summed E-state index contributed by atoms with van der Waals surface area (Å²) in [4.78, 5) is 16.4. The molecule has 4 aromatic carbocycles. The minimum absolute atomic E-state index is 0.135. The number of amides is 1. The lowest BCUT2D eigenvalue weighted by molar-refractivity contribution is -0.177. The molecule has 47 heavy (non-hydrogen) atoms. The molecule has 4 aromatic rings. The van der Waals surface area contributed by atoms with Gasteiger partial charge in [-0.15, -0.1) is 0 Å². The summed E-state index contributed by atoms with van der Waals surface area (Å²) >= 11 is 0. The van der Waals surface area contributed by atoms with Crippen molar-refractivity contribution >= 4 is 24.6 Å². The second-order valence-electron chi connectivity index (χ2n) is 14.1. The number of carbonyl (C=O) groups excluding carboxylic acids is 1. The molecule has 1 N–H and O–H groups in total. The number of hydrogen-bond donors (Lipinski definition) is 1. The maximum atomic E-state index is 14.5. The summed E-state index contributed by atoms with van der Waals surface area (Å²) in [5.74, 6) is 0.573. The first-order chi connectivity index (χ1) is 22.6. The minimum Gasteiger partial charge on any atom is -0.497 e. The van der Waals surface area contributed by atoms with Crippen LogP contribution in [0.25, 0.3) is 0 Å². The number of methoxy groups -OCH3 is 1. The standard InChI is InChI=1S/C40H47NO5Si/c1-39(2,3)47(34-16-10-6-11-17-34,35-18-12-7-13-19-35)46-29-32-22-25-36-37(45-28-31-20-23-33(44-4)24-21-31)27-40(43,38(42)41(32)36)26-30-14-8-5-9-15-30/h5-21,23-24,32,36-37,43H,22,25-29H2,1-4H3/t32-,36-,37-,40-/m0/s1. The van der Waals surface area contributed by atoms with Crippen LogP contribution in [-0.2, 0) is 27.0 Å². The zero-order chi connectivity index (χ0) is 33.1. The van der Waals surface area contributed by atoms with E-state index in [1.54, 1.807) is 7.11 Å². The van der Waals surface area contributed by atoms with Gasteiger partial charge in [0.05, 0.1) is 38.5 Å². The maximum absolute atomic E-state index is 14.5. The zero-order valence-electron chi connectivity index (χ0n) is 28.0. The summed E-state index contributed by atoms with van der Waals surface area (Å²) in [7, 11) is -1.16. The Kier molecular flexibility index (Phi) is 9.72. The molecule has 2 heterocycles. The van der Waals surface area contributed by atoms with Crippen LogP contribution in [0.5, 0.6) is 5.75 Å². The molecule has 2 saturated heterocycles. The Bertz CT molecular complexity index is 1570. The lowest BCUT2D eigenvalue weighted by atomic mass is 9.81. The molecule has 6 rings (SSSR count). The highest BCUT2D eigenvalue weighted by molar-refractivity contribution is 6.99. The fraction of sp³-hybridized carbons (Fsp3) is 0.375. The van der Waals surface area contributed by atoms with Crippen molar-refractivity contribution in [2.75, 3.05) is 13.7 Å². The van der Waals surface area contributed by atoms with E-state index in [1.807, 2.05) is 71.6 Å². The average Bonchev–Trinajstić information content (AvgIpc) is 3.51. The molecule has 6 nitrogen and oxygen atoms in total. The number of rotatable bonds is 11. The van der Waals surface area contributed by atoms with Gasteiger partial charge in [0.15, 0.2) is 0 Å². The maximum Gasteiger partial charge on any atom is 0.261 e. The summed E-state index contributed by atoms with van der Waals surface area (Å²) in [5.41, 5.74) is 0.364. The van der Waals surface area contributed by atoms with Gasteiger partial charge in [0.25, 0.3) is 14.2 Å². The molecule has 2 fully saturated rings. The van der Waals surface area contributed by atoms with Gasteiger partial charge in [-0.2, -0.15) is 0 Å². The quantitative estimate of drug-likeness (QED) is 0.205. The third-order valence-corrected chi connectivity index (χ3v) is 15.0. The molecule has 4 atom stereocenters. The number of fused-ring (bicyclic) bond motifs is 1. The first kappa shape index (κ1) is 33.2. The molecule has 1 amide bonds. The molecule has 0 spiro atoms. The summed E-state index contributed by atoms with van der Waals surface area (Å²) in [6.07, 6.45) is 1.76. The summed E-state index contributed by atoms with van der Waals surface area (Å²) in [6, 6.07) is 38.5. The molecule has 0 aliphatic carbocycles. The highest BCUT2D eigenvalue weighted by Gasteiger charge is 2.56. The molecule has 2 aliphatic heterocycles. The number of nitrogens with zero attached hydrogens (tertiary/aromatic N) is 1. The highest BCUT2D eigenvalue weighted by atomic mass is 28.4. The normalized spacial score (nSPS) is 23.0. The summed E-state index contributed by atoms with van der Waals surface area (Å²) in [5, 5.41) is 14.4. The Morgan fingerprint density at radius 2 is 1.38 bits per heavy atom. The topological polar surface area (TPSA) is 68.2 Å². The van der Waals surface area contributed by atoms with Gasteiger partial charge < -0.3 is 23.9 Å². The summed E-state index contributed by atoms with van der Waals surface area (Å²) in [6.45, 7) is 7.58. The lowest BCUT2D eigenvalue weighted by Gasteiger charge is -2.48. The zero-order valence-corrected chi connectivity index (χ0v) is 29.0. The van der Waals surface area contributed by atoms with E-state index in [0.29, 0.717) is 13.2 Å². The minimum atomic E-state index is -2.82. The van der Waals surface area contributed by atoms with E-state index in [1.165, 1.54) is 10.4 Å². The predicted octanol–water partition coefficient (Wildman–Crippen LogP) is 5.89. The van der Waals surface area contributed by atoms with E-state index in [-0.39, 0.29) is 42.0 Å². The van der Waals surface area contributed by atoms with Crippen LogP contribution in [0.4, 0.5) is 0 Å². The summed E-state index contributed by atoms with van der Waals surface area (Å²) < 4.78 is 19.3. The Balaban J connectivity index is 1.31. The molecule has 0 saturated carbocycles. The Morgan fingerprint density at radius 3 is 1.94 bits per heavy atom. The first-order valence-corrected chi connectivity index (χ1v) is 18.6. The lowest BCUT2D eigenvalue weighted by Crippen LogP contribution is -2.68. The smallest absolute Gasteiger partial charge is 0.261 e. The molecular formula is C40H47NO5Si. The van der Waals surface area contributed by atoms with Crippen molar-refractivity contribution in [2.45, 2.75) is 81.9 Å². The Morgan fingerprint density at radius 1 is 0.809 bits per heavy atom. The molecule has 7 heteroatoms. The van der Waals surface area contributed by atoms with E-state index in [4.69, 9.17) is 13.9 Å².